The van der Waals surface area contributed by atoms with Crippen LogP contribution < -0.4 is 5.73 Å². The first-order valence-corrected chi connectivity index (χ1v) is 6.58. The molecule has 0 aliphatic carbocycles. The number of anilines is 1. The van der Waals surface area contributed by atoms with Crippen LogP contribution in [0.25, 0.3) is 11.1 Å². The number of benzene rings is 2. The van der Waals surface area contributed by atoms with Crippen LogP contribution in [0.5, 0.6) is 0 Å². The van der Waals surface area contributed by atoms with Crippen molar-refractivity contribution in [3.8, 4) is 11.1 Å². The summed E-state index contributed by atoms with van der Waals surface area (Å²) in [6.45, 7) is 4.46. The molecular weight excluding hydrogens is 242 g/mol. The number of nitrogens with two attached hydrogens (primary N) is 1. The second kappa shape index (κ2) is 5.45. The Bertz CT molecular complexity index is 529. The maximum absolute atomic E-state index is 5.93. The van der Waals surface area contributed by atoms with Crippen molar-refractivity contribution >= 4 is 17.3 Å². The van der Waals surface area contributed by atoms with Crippen LogP contribution in [0.15, 0.2) is 42.5 Å². The Labute approximate surface area is 114 Å². The summed E-state index contributed by atoms with van der Waals surface area (Å²) in [6.07, 6.45) is 1.11. The van der Waals surface area contributed by atoms with E-state index in [0.29, 0.717) is 16.6 Å². The molecule has 0 atom stereocenters. The molecule has 0 spiro atoms. The van der Waals surface area contributed by atoms with Crippen molar-refractivity contribution in [3.63, 3.8) is 0 Å². The summed E-state index contributed by atoms with van der Waals surface area (Å²) in [6, 6.07) is 14.4. The molecule has 0 amide bonds. The van der Waals surface area contributed by atoms with Gasteiger partial charge < -0.3 is 5.73 Å². The maximum atomic E-state index is 5.93. The average molecular weight is 260 g/mol. The van der Waals surface area contributed by atoms with Gasteiger partial charge in [-0.05, 0) is 41.2 Å². The van der Waals surface area contributed by atoms with E-state index in [1.165, 1.54) is 11.1 Å². The molecule has 94 valence electrons. The molecule has 2 rings (SSSR count). The topological polar surface area (TPSA) is 26.0 Å². The Morgan fingerprint density at radius 1 is 1.00 bits per heavy atom. The van der Waals surface area contributed by atoms with Crippen LogP contribution in [0.3, 0.4) is 0 Å². The van der Waals surface area contributed by atoms with E-state index >= 15 is 0 Å². The van der Waals surface area contributed by atoms with Crippen molar-refractivity contribution < 1.29 is 0 Å². The predicted molar refractivity (Wildman–Crippen MR) is 79.8 cm³/mol. The Hall–Kier alpha value is -1.47. The first-order chi connectivity index (χ1) is 8.56. The minimum Gasteiger partial charge on any atom is -0.398 e. The molecule has 0 bridgehead atoms. The van der Waals surface area contributed by atoms with Crippen molar-refractivity contribution in [1.82, 2.24) is 0 Å². The first-order valence-electron chi connectivity index (χ1n) is 6.20. The highest BCUT2D eigenvalue weighted by Gasteiger charge is 2.02. The molecule has 0 aromatic heterocycles. The van der Waals surface area contributed by atoms with Crippen molar-refractivity contribution in [2.24, 2.45) is 5.92 Å². The summed E-state index contributed by atoms with van der Waals surface area (Å²) in [5.74, 6) is 0.682. The molecule has 2 N–H and O–H groups in total. The van der Waals surface area contributed by atoms with E-state index in [1.54, 1.807) is 0 Å². The van der Waals surface area contributed by atoms with E-state index < -0.39 is 0 Å². The molecule has 18 heavy (non-hydrogen) atoms. The average Bonchev–Trinajstić information content (AvgIpc) is 2.33. The predicted octanol–water partition coefficient (Wildman–Crippen LogP) is 4.79. The second-order valence-corrected chi connectivity index (χ2v) is 5.44. The second-order valence-electron chi connectivity index (χ2n) is 5.03. The monoisotopic (exact) mass is 259 g/mol. The van der Waals surface area contributed by atoms with Gasteiger partial charge in [0.05, 0.1) is 10.7 Å². The van der Waals surface area contributed by atoms with Gasteiger partial charge in [-0.15, -0.1) is 0 Å². The molecule has 0 heterocycles. The lowest BCUT2D eigenvalue weighted by molar-refractivity contribution is 0.647. The van der Waals surface area contributed by atoms with E-state index in [-0.39, 0.29) is 0 Å². The lowest BCUT2D eigenvalue weighted by atomic mass is 9.99. The van der Waals surface area contributed by atoms with Crippen LogP contribution in [-0.2, 0) is 6.42 Å². The smallest absolute Gasteiger partial charge is 0.0635 e. The van der Waals surface area contributed by atoms with Gasteiger partial charge in [-0.3, -0.25) is 0 Å². The summed E-state index contributed by atoms with van der Waals surface area (Å²) in [5.41, 5.74) is 10.1. The molecule has 0 saturated carbocycles. The highest BCUT2D eigenvalue weighted by molar-refractivity contribution is 6.33. The summed E-state index contributed by atoms with van der Waals surface area (Å²) in [7, 11) is 0. The minimum atomic E-state index is 0.607. The van der Waals surface area contributed by atoms with Gasteiger partial charge in [0.1, 0.15) is 0 Å². The molecule has 0 fully saturated rings. The molecule has 1 nitrogen and oxygen atoms in total. The minimum absolute atomic E-state index is 0.607. The lowest BCUT2D eigenvalue weighted by Crippen LogP contribution is -1.93. The van der Waals surface area contributed by atoms with Crippen LogP contribution in [0.1, 0.15) is 19.4 Å². The van der Waals surface area contributed by atoms with E-state index in [4.69, 9.17) is 17.3 Å². The van der Waals surface area contributed by atoms with Crippen molar-refractivity contribution in [2.45, 2.75) is 20.3 Å². The molecule has 0 radical (unpaired) electrons. The fraction of sp³-hybridized carbons (Fsp3) is 0.250. The van der Waals surface area contributed by atoms with E-state index in [0.717, 1.165) is 12.0 Å². The van der Waals surface area contributed by atoms with Crippen LogP contribution in [-0.4, -0.2) is 0 Å². The van der Waals surface area contributed by atoms with E-state index in [1.807, 2.05) is 18.2 Å². The van der Waals surface area contributed by atoms with Gasteiger partial charge in [0, 0.05) is 0 Å². The van der Waals surface area contributed by atoms with Crippen molar-refractivity contribution in [1.29, 1.82) is 0 Å². The quantitative estimate of drug-likeness (QED) is 0.788. The number of rotatable bonds is 3. The van der Waals surface area contributed by atoms with Crippen molar-refractivity contribution in [2.75, 3.05) is 5.73 Å². The van der Waals surface area contributed by atoms with Gasteiger partial charge >= 0.3 is 0 Å². The molecule has 2 aromatic carbocycles. The summed E-state index contributed by atoms with van der Waals surface area (Å²) < 4.78 is 0. The molecule has 0 aliphatic heterocycles. The molecule has 2 heteroatoms. The van der Waals surface area contributed by atoms with Crippen LogP contribution >= 0.6 is 11.6 Å². The summed E-state index contributed by atoms with van der Waals surface area (Å²) >= 11 is 5.93. The van der Waals surface area contributed by atoms with E-state index in [9.17, 15) is 0 Å². The van der Waals surface area contributed by atoms with Gasteiger partial charge in [0.2, 0.25) is 0 Å². The molecule has 0 saturated heterocycles. The number of halogens is 1. The normalized spacial score (nSPS) is 10.9. The maximum Gasteiger partial charge on any atom is 0.0635 e. The molecular formula is C16H18ClN. The number of hydrogen-bond acceptors (Lipinski definition) is 1. The zero-order valence-electron chi connectivity index (χ0n) is 10.8. The van der Waals surface area contributed by atoms with Gasteiger partial charge in [-0.25, -0.2) is 0 Å². The highest BCUT2D eigenvalue weighted by atomic mass is 35.5. The van der Waals surface area contributed by atoms with Gasteiger partial charge in [0.25, 0.3) is 0 Å². The standard InChI is InChI=1S/C16H18ClN/c1-11(2)9-12-3-5-13(6-4-12)14-7-8-15(17)16(18)10-14/h3-8,10-11H,9,18H2,1-2H3. The first kappa shape index (κ1) is 13.0. The third kappa shape index (κ3) is 3.05. The van der Waals surface area contributed by atoms with Crippen LogP contribution in [0, 0.1) is 5.92 Å². The molecule has 2 aromatic rings. The lowest BCUT2D eigenvalue weighted by Gasteiger charge is -2.08. The zero-order valence-corrected chi connectivity index (χ0v) is 11.5. The largest absolute Gasteiger partial charge is 0.398 e. The summed E-state index contributed by atoms with van der Waals surface area (Å²) in [4.78, 5) is 0. The van der Waals surface area contributed by atoms with Crippen LogP contribution in [0.4, 0.5) is 5.69 Å². The third-order valence-corrected chi connectivity index (χ3v) is 3.27. The molecule has 0 unspecified atom stereocenters. The van der Waals surface area contributed by atoms with Gasteiger partial charge in [-0.2, -0.15) is 0 Å². The zero-order chi connectivity index (χ0) is 13.1. The third-order valence-electron chi connectivity index (χ3n) is 2.93. The Morgan fingerprint density at radius 3 is 2.17 bits per heavy atom. The highest BCUT2D eigenvalue weighted by Crippen LogP contribution is 2.27. The Morgan fingerprint density at radius 2 is 1.61 bits per heavy atom. The molecule has 0 aliphatic rings. The Balaban J connectivity index is 2.25. The van der Waals surface area contributed by atoms with Gasteiger partial charge in [-0.1, -0.05) is 55.8 Å². The fourth-order valence-electron chi connectivity index (χ4n) is 2.03. The van der Waals surface area contributed by atoms with Crippen LogP contribution in [0.2, 0.25) is 5.02 Å². The van der Waals surface area contributed by atoms with Gasteiger partial charge in [0.15, 0.2) is 0 Å². The fourth-order valence-corrected chi connectivity index (χ4v) is 2.15. The summed E-state index contributed by atoms with van der Waals surface area (Å²) in [5, 5.41) is 0.607. The van der Waals surface area contributed by atoms with E-state index in [2.05, 4.69) is 38.1 Å². The van der Waals surface area contributed by atoms with Crippen molar-refractivity contribution in [3.05, 3.63) is 53.1 Å². The number of hydrogen-bond donors (Lipinski definition) is 1. The number of nitrogen functional groups attached to an aromatic ring is 1. The SMILES string of the molecule is CC(C)Cc1ccc(-c2ccc(Cl)c(N)c2)cc1. The Kier molecular flexibility index (Phi) is 3.93.